The van der Waals surface area contributed by atoms with Crippen molar-refractivity contribution in [1.82, 2.24) is 14.8 Å². The number of nitrogens with zero attached hydrogens (tertiary/aromatic N) is 4. The van der Waals surface area contributed by atoms with Crippen LogP contribution in [0.4, 0.5) is 9.39 Å². The average molecular weight is 444 g/mol. The van der Waals surface area contributed by atoms with Crippen molar-refractivity contribution < 1.29 is 13.9 Å². The van der Waals surface area contributed by atoms with Crippen molar-refractivity contribution in [1.29, 1.82) is 5.26 Å². The van der Waals surface area contributed by atoms with Gasteiger partial charge >= 0.3 is 5.97 Å². The van der Waals surface area contributed by atoms with Crippen molar-refractivity contribution >= 4 is 34.1 Å². The Bertz CT molecular complexity index is 1150. The third-order valence-corrected chi connectivity index (χ3v) is 6.65. The molecule has 7 nitrogen and oxygen atoms in total. The third-order valence-electron chi connectivity index (χ3n) is 4.64. The van der Waals surface area contributed by atoms with Crippen LogP contribution >= 0.6 is 23.1 Å². The standard InChI is InChI=1S/C20H18FN5O2S2/c1-2-28-19(27)16-14(13(9-22)17(23)30-16)10-29-20-25-24-18(26(20)11-7-8-11)12-5-3-4-6-15(12)21/h3-6,11H,2,7-8,10,23H2,1H3. The number of thioether (sulfide) groups is 1. The summed E-state index contributed by atoms with van der Waals surface area (Å²) in [5.41, 5.74) is 7.15. The van der Waals surface area contributed by atoms with Crippen LogP contribution in [0.25, 0.3) is 11.4 Å². The summed E-state index contributed by atoms with van der Waals surface area (Å²) >= 11 is 2.39. The van der Waals surface area contributed by atoms with Crippen molar-refractivity contribution in [3.05, 3.63) is 46.1 Å². The Hall–Kier alpha value is -2.90. The van der Waals surface area contributed by atoms with E-state index in [0.29, 0.717) is 32.7 Å². The summed E-state index contributed by atoms with van der Waals surface area (Å²) < 4.78 is 21.4. The molecule has 0 radical (unpaired) electrons. The largest absolute Gasteiger partial charge is 0.462 e. The van der Waals surface area contributed by atoms with Gasteiger partial charge < -0.3 is 10.5 Å². The van der Waals surface area contributed by atoms with Crippen LogP contribution in [0.15, 0.2) is 29.4 Å². The zero-order chi connectivity index (χ0) is 21.3. The minimum Gasteiger partial charge on any atom is -0.462 e. The van der Waals surface area contributed by atoms with Crippen molar-refractivity contribution in [2.45, 2.75) is 36.7 Å². The lowest BCUT2D eigenvalue weighted by atomic mass is 10.2. The Morgan fingerprint density at radius 2 is 2.20 bits per heavy atom. The maximum Gasteiger partial charge on any atom is 0.348 e. The number of thiophene rings is 1. The number of rotatable bonds is 7. The first kappa shape index (κ1) is 20.4. The normalized spacial score (nSPS) is 13.2. The van der Waals surface area contributed by atoms with Crippen LogP contribution in [0.3, 0.4) is 0 Å². The van der Waals surface area contributed by atoms with E-state index in [1.165, 1.54) is 17.8 Å². The number of hydrogen-bond acceptors (Lipinski definition) is 8. The van der Waals surface area contributed by atoms with Gasteiger partial charge in [0.25, 0.3) is 0 Å². The molecule has 10 heteroatoms. The van der Waals surface area contributed by atoms with Gasteiger partial charge in [0.05, 0.1) is 17.7 Å². The van der Waals surface area contributed by atoms with Crippen LogP contribution < -0.4 is 5.73 Å². The summed E-state index contributed by atoms with van der Waals surface area (Å²) in [7, 11) is 0. The Balaban J connectivity index is 1.67. The molecule has 0 atom stereocenters. The predicted molar refractivity (Wildman–Crippen MR) is 113 cm³/mol. The number of nitrogens with two attached hydrogens (primary N) is 1. The Morgan fingerprint density at radius 3 is 2.87 bits per heavy atom. The number of benzene rings is 1. The maximum absolute atomic E-state index is 14.3. The molecule has 30 heavy (non-hydrogen) atoms. The summed E-state index contributed by atoms with van der Waals surface area (Å²) in [5, 5.41) is 18.9. The Labute approximate surface area is 180 Å². The lowest BCUT2D eigenvalue weighted by Gasteiger charge is -2.10. The first-order chi connectivity index (χ1) is 14.5. The van der Waals surface area contributed by atoms with Gasteiger partial charge in [-0.05, 0) is 31.9 Å². The van der Waals surface area contributed by atoms with E-state index in [-0.39, 0.29) is 29.0 Å². The number of hydrogen-bond donors (Lipinski definition) is 1. The molecule has 1 aromatic carbocycles. The molecule has 2 N–H and O–H groups in total. The van der Waals surface area contributed by atoms with Gasteiger partial charge in [-0.1, -0.05) is 23.9 Å². The molecule has 2 heterocycles. The van der Waals surface area contributed by atoms with E-state index in [2.05, 4.69) is 16.3 Å². The second kappa shape index (κ2) is 8.45. The van der Waals surface area contributed by atoms with Crippen LogP contribution in [0, 0.1) is 17.1 Å². The van der Waals surface area contributed by atoms with Crippen LogP contribution in [-0.2, 0) is 10.5 Å². The highest BCUT2D eigenvalue weighted by atomic mass is 32.2. The Morgan fingerprint density at radius 1 is 1.43 bits per heavy atom. The van der Waals surface area contributed by atoms with Crippen molar-refractivity contribution in [3.8, 4) is 17.5 Å². The predicted octanol–water partition coefficient (Wildman–Crippen LogP) is 4.40. The van der Waals surface area contributed by atoms with Crippen molar-refractivity contribution in [2.24, 2.45) is 0 Å². The molecule has 0 unspecified atom stereocenters. The molecule has 0 bridgehead atoms. The molecule has 0 aliphatic heterocycles. The molecule has 3 aromatic rings. The number of carbonyl (C=O) groups excluding carboxylic acids is 1. The molecular formula is C20H18FN5O2S2. The van der Waals surface area contributed by atoms with Crippen LogP contribution in [0.5, 0.6) is 0 Å². The molecule has 1 aliphatic carbocycles. The van der Waals surface area contributed by atoms with E-state index in [9.17, 15) is 14.4 Å². The van der Waals surface area contributed by atoms with E-state index in [1.807, 2.05) is 4.57 Å². The monoisotopic (exact) mass is 443 g/mol. The topological polar surface area (TPSA) is 107 Å². The molecular weight excluding hydrogens is 425 g/mol. The molecule has 1 saturated carbocycles. The van der Waals surface area contributed by atoms with E-state index in [1.54, 1.807) is 25.1 Å². The van der Waals surface area contributed by atoms with Gasteiger partial charge in [0, 0.05) is 17.4 Å². The molecule has 1 fully saturated rings. The number of halogens is 1. The maximum atomic E-state index is 14.3. The summed E-state index contributed by atoms with van der Waals surface area (Å²) in [6.45, 7) is 1.95. The zero-order valence-electron chi connectivity index (χ0n) is 16.1. The summed E-state index contributed by atoms with van der Waals surface area (Å²) in [6.07, 6.45) is 1.94. The van der Waals surface area contributed by atoms with E-state index < -0.39 is 5.97 Å². The van der Waals surface area contributed by atoms with Gasteiger partial charge in [0.2, 0.25) is 0 Å². The number of aromatic nitrogens is 3. The summed E-state index contributed by atoms with van der Waals surface area (Å²) in [5.74, 6) is -0.0752. The molecule has 0 amide bonds. The SMILES string of the molecule is CCOC(=O)c1sc(N)c(C#N)c1CSc1nnc(-c2ccccc2F)n1C1CC1. The number of ether oxygens (including phenoxy) is 1. The van der Waals surface area contributed by atoms with Gasteiger partial charge in [-0.3, -0.25) is 4.57 Å². The highest BCUT2D eigenvalue weighted by Crippen LogP contribution is 2.43. The average Bonchev–Trinajstić information content (AvgIpc) is 3.40. The molecule has 1 aliphatic rings. The van der Waals surface area contributed by atoms with Gasteiger partial charge in [-0.2, -0.15) is 5.26 Å². The summed E-state index contributed by atoms with van der Waals surface area (Å²) in [4.78, 5) is 12.6. The minimum absolute atomic E-state index is 0.213. The molecule has 154 valence electrons. The summed E-state index contributed by atoms with van der Waals surface area (Å²) in [6, 6.07) is 8.76. The van der Waals surface area contributed by atoms with Gasteiger partial charge in [-0.25, -0.2) is 9.18 Å². The second-order valence-corrected chi connectivity index (χ2v) is 8.65. The molecule has 4 rings (SSSR count). The number of anilines is 1. The smallest absolute Gasteiger partial charge is 0.348 e. The fourth-order valence-electron chi connectivity index (χ4n) is 3.11. The third kappa shape index (κ3) is 3.78. The van der Waals surface area contributed by atoms with E-state index >= 15 is 0 Å². The fourth-order valence-corrected chi connectivity index (χ4v) is 5.16. The zero-order valence-corrected chi connectivity index (χ0v) is 17.7. The highest BCUT2D eigenvalue weighted by molar-refractivity contribution is 7.98. The fraction of sp³-hybridized carbons (Fsp3) is 0.300. The van der Waals surface area contributed by atoms with Gasteiger partial charge in [-0.15, -0.1) is 21.5 Å². The number of nitrogen functional groups attached to an aromatic ring is 1. The Kier molecular flexibility index (Phi) is 5.74. The number of nitriles is 1. The van der Waals surface area contributed by atoms with E-state index in [4.69, 9.17) is 10.5 Å². The quantitative estimate of drug-likeness (QED) is 0.426. The first-order valence-corrected chi connectivity index (χ1v) is 11.2. The van der Waals surface area contributed by atoms with Gasteiger partial charge in [0.1, 0.15) is 21.8 Å². The lowest BCUT2D eigenvalue weighted by Crippen LogP contribution is -2.06. The van der Waals surface area contributed by atoms with Crippen LogP contribution in [-0.4, -0.2) is 27.3 Å². The van der Waals surface area contributed by atoms with Crippen molar-refractivity contribution in [3.63, 3.8) is 0 Å². The number of esters is 1. The van der Waals surface area contributed by atoms with Crippen molar-refractivity contribution in [2.75, 3.05) is 12.3 Å². The lowest BCUT2D eigenvalue weighted by molar-refractivity contribution is 0.0531. The molecule has 2 aromatic heterocycles. The van der Waals surface area contributed by atoms with E-state index in [0.717, 1.165) is 24.2 Å². The highest BCUT2D eigenvalue weighted by Gasteiger charge is 2.31. The van der Waals surface area contributed by atoms with Crippen LogP contribution in [0.2, 0.25) is 0 Å². The number of carbonyl (C=O) groups is 1. The molecule has 0 saturated heterocycles. The van der Waals surface area contributed by atoms with Gasteiger partial charge in [0.15, 0.2) is 11.0 Å². The minimum atomic E-state index is -0.498. The molecule has 0 spiro atoms. The first-order valence-electron chi connectivity index (χ1n) is 9.36. The second-order valence-electron chi connectivity index (χ2n) is 6.66. The van der Waals surface area contributed by atoms with Crippen LogP contribution in [0.1, 0.15) is 46.6 Å².